The van der Waals surface area contributed by atoms with E-state index in [4.69, 9.17) is 9.47 Å². The molecule has 0 saturated carbocycles. The highest BCUT2D eigenvalue weighted by molar-refractivity contribution is 5.92. The fraction of sp³-hybridized carbons (Fsp3) is 0.417. The molecule has 0 unspecified atom stereocenters. The van der Waals surface area contributed by atoms with Gasteiger partial charge in [-0.3, -0.25) is 4.98 Å². The normalized spacial score (nSPS) is 19.0. The quantitative estimate of drug-likeness (QED) is 0.608. The molecule has 2 aromatic heterocycles. The van der Waals surface area contributed by atoms with Crippen molar-refractivity contribution in [2.75, 3.05) is 37.5 Å². The van der Waals surface area contributed by atoms with E-state index in [9.17, 15) is 9.65 Å². The van der Waals surface area contributed by atoms with Crippen molar-refractivity contribution in [1.82, 2.24) is 15.2 Å². The number of nitrogens with one attached hydrogen (secondary N) is 1. The van der Waals surface area contributed by atoms with Crippen LogP contribution in [0.25, 0.3) is 10.9 Å². The highest BCUT2D eigenvalue weighted by Gasteiger charge is 2.33. The lowest BCUT2D eigenvalue weighted by Crippen LogP contribution is -2.27. The first-order valence-corrected chi connectivity index (χ1v) is 10.8. The minimum atomic E-state index is -0.445. The van der Waals surface area contributed by atoms with Crippen molar-refractivity contribution in [3.05, 3.63) is 52.6 Å². The SMILES string of the molecule is CO[C@H]1CN(c2cnc3c(C)nnc(N[C@H](C)c4cc(F)cc(C#N)c4C)c3c2)C[C@H]1OC. The molecular weight excluding hydrogens is 423 g/mol. The van der Waals surface area contributed by atoms with Crippen LogP contribution in [0.15, 0.2) is 24.4 Å². The van der Waals surface area contributed by atoms with E-state index in [0.29, 0.717) is 30.0 Å². The fourth-order valence-corrected chi connectivity index (χ4v) is 4.38. The van der Waals surface area contributed by atoms with Crippen LogP contribution in [-0.4, -0.2) is 54.7 Å². The van der Waals surface area contributed by atoms with Gasteiger partial charge in [0.25, 0.3) is 0 Å². The second-order valence-corrected chi connectivity index (χ2v) is 8.32. The van der Waals surface area contributed by atoms with Crippen molar-refractivity contribution in [2.24, 2.45) is 0 Å². The number of nitriles is 1. The number of methoxy groups -OCH3 is 2. The summed E-state index contributed by atoms with van der Waals surface area (Å²) in [5, 5.41) is 22.1. The van der Waals surface area contributed by atoms with Gasteiger partial charge in [0.15, 0.2) is 5.82 Å². The summed E-state index contributed by atoms with van der Waals surface area (Å²) in [4.78, 5) is 6.83. The van der Waals surface area contributed by atoms with E-state index in [1.54, 1.807) is 14.2 Å². The third kappa shape index (κ3) is 4.32. The molecule has 9 heteroatoms. The van der Waals surface area contributed by atoms with Crippen LogP contribution in [0.4, 0.5) is 15.9 Å². The van der Waals surface area contributed by atoms with Crippen molar-refractivity contribution < 1.29 is 13.9 Å². The van der Waals surface area contributed by atoms with E-state index in [0.717, 1.165) is 27.8 Å². The molecule has 1 N–H and O–H groups in total. The average Bonchev–Trinajstić information content (AvgIpc) is 3.25. The van der Waals surface area contributed by atoms with Crippen LogP contribution < -0.4 is 10.2 Å². The van der Waals surface area contributed by atoms with E-state index in [1.807, 2.05) is 33.0 Å². The zero-order chi connectivity index (χ0) is 23.7. The fourth-order valence-electron chi connectivity index (χ4n) is 4.38. The molecule has 4 rings (SSSR count). The molecule has 0 bridgehead atoms. The summed E-state index contributed by atoms with van der Waals surface area (Å²) >= 11 is 0. The predicted octanol–water partition coefficient (Wildman–Crippen LogP) is 3.68. The van der Waals surface area contributed by atoms with Gasteiger partial charge >= 0.3 is 0 Å². The molecule has 1 fully saturated rings. The van der Waals surface area contributed by atoms with Crippen molar-refractivity contribution >= 4 is 22.4 Å². The van der Waals surface area contributed by atoms with Crippen LogP contribution in [-0.2, 0) is 9.47 Å². The largest absolute Gasteiger partial charge is 0.377 e. The highest BCUT2D eigenvalue weighted by Crippen LogP contribution is 2.31. The second-order valence-electron chi connectivity index (χ2n) is 8.32. The van der Waals surface area contributed by atoms with E-state index < -0.39 is 5.82 Å². The van der Waals surface area contributed by atoms with Crippen LogP contribution in [0.1, 0.15) is 35.3 Å². The van der Waals surface area contributed by atoms with E-state index in [-0.39, 0.29) is 18.2 Å². The van der Waals surface area contributed by atoms with Crippen LogP contribution >= 0.6 is 0 Å². The Hall–Kier alpha value is -3.35. The van der Waals surface area contributed by atoms with E-state index in [1.165, 1.54) is 12.1 Å². The maximum Gasteiger partial charge on any atom is 0.158 e. The minimum absolute atomic E-state index is 0.0223. The van der Waals surface area contributed by atoms with Crippen LogP contribution in [0.5, 0.6) is 0 Å². The van der Waals surface area contributed by atoms with E-state index >= 15 is 0 Å². The van der Waals surface area contributed by atoms with Crippen molar-refractivity contribution in [3.8, 4) is 6.07 Å². The van der Waals surface area contributed by atoms with Gasteiger partial charge in [0, 0.05) is 32.7 Å². The molecule has 0 amide bonds. The Balaban J connectivity index is 1.70. The molecule has 0 aliphatic carbocycles. The van der Waals surface area contributed by atoms with Gasteiger partial charge in [0.2, 0.25) is 0 Å². The molecule has 0 radical (unpaired) electrons. The molecule has 33 heavy (non-hydrogen) atoms. The number of aryl methyl sites for hydroxylation is 1. The Labute approximate surface area is 192 Å². The Bertz CT molecular complexity index is 1220. The number of rotatable bonds is 6. The topological polar surface area (TPSA) is 96.2 Å². The van der Waals surface area contributed by atoms with Gasteiger partial charge in [-0.05, 0) is 50.1 Å². The number of fused-ring (bicyclic) bond motifs is 1. The zero-order valence-electron chi connectivity index (χ0n) is 19.4. The summed E-state index contributed by atoms with van der Waals surface area (Å²) in [6.07, 6.45) is 1.78. The Kier molecular flexibility index (Phi) is 6.40. The number of ether oxygens (including phenoxy) is 2. The summed E-state index contributed by atoms with van der Waals surface area (Å²) in [5.74, 6) is 0.101. The summed E-state index contributed by atoms with van der Waals surface area (Å²) in [7, 11) is 3.38. The number of hydrogen-bond donors (Lipinski definition) is 1. The molecule has 3 aromatic rings. The monoisotopic (exact) mass is 450 g/mol. The first-order valence-electron chi connectivity index (χ1n) is 10.8. The van der Waals surface area contributed by atoms with E-state index in [2.05, 4.69) is 31.5 Å². The van der Waals surface area contributed by atoms with Crippen molar-refractivity contribution in [3.63, 3.8) is 0 Å². The lowest BCUT2D eigenvalue weighted by molar-refractivity contribution is -0.00461. The summed E-state index contributed by atoms with van der Waals surface area (Å²) in [6.45, 7) is 6.97. The van der Waals surface area contributed by atoms with Gasteiger partial charge in [-0.15, -0.1) is 5.10 Å². The van der Waals surface area contributed by atoms with Gasteiger partial charge in [0.1, 0.15) is 18.0 Å². The highest BCUT2D eigenvalue weighted by atomic mass is 19.1. The van der Waals surface area contributed by atoms with Crippen molar-refractivity contribution in [1.29, 1.82) is 5.26 Å². The number of halogens is 1. The molecule has 1 saturated heterocycles. The number of nitrogens with zero attached hydrogens (tertiary/aromatic N) is 5. The predicted molar refractivity (Wildman–Crippen MR) is 124 cm³/mol. The molecule has 1 aliphatic rings. The number of benzene rings is 1. The van der Waals surface area contributed by atoms with Crippen molar-refractivity contribution in [2.45, 2.75) is 39.0 Å². The van der Waals surface area contributed by atoms with Gasteiger partial charge in [-0.25, -0.2) is 4.39 Å². The van der Waals surface area contributed by atoms with Gasteiger partial charge in [-0.1, -0.05) is 0 Å². The molecular formula is C24H27FN6O2. The molecule has 0 spiro atoms. The first-order chi connectivity index (χ1) is 15.9. The maximum absolute atomic E-state index is 14.1. The Morgan fingerprint density at radius 2 is 1.85 bits per heavy atom. The summed E-state index contributed by atoms with van der Waals surface area (Å²) in [5.41, 5.74) is 4.13. The van der Waals surface area contributed by atoms with Crippen LogP contribution in [0.2, 0.25) is 0 Å². The van der Waals surface area contributed by atoms with Crippen LogP contribution in [0, 0.1) is 31.0 Å². The Morgan fingerprint density at radius 1 is 1.15 bits per heavy atom. The molecule has 1 aliphatic heterocycles. The number of anilines is 2. The molecule has 3 atom stereocenters. The third-order valence-corrected chi connectivity index (χ3v) is 6.31. The zero-order valence-corrected chi connectivity index (χ0v) is 19.4. The van der Waals surface area contributed by atoms with Gasteiger partial charge < -0.3 is 19.7 Å². The molecule has 172 valence electrons. The lowest BCUT2D eigenvalue weighted by atomic mass is 9.97. The van der Waals surface area contributed by atoms with Gasteiger partial charge in [0.05, 0.1) is 40.8 Å². The molecule has 3 heterocycles. The molecule has 1 aromatic carbocycles. The first kappa shape index (κ1) is 22.8. The summed E-state index contributed by atoms with van der Waals surface area (Å²) < 4.78 is 25.2. The third-order valence-electron chi connectivity index (χ3n) is 6.31. The minimum Gasteiger partial charge on any atom is -0.377 e. The smallest absolute Gasteiger partial charge is 0.158 e. The number of hydrogen-bond acceptors (Lipinski definition) is 8. The number of aromatic nitrogens is 3. The van der Waals surface area contributed by atoms with Gasteiger partial charge in [-0.2, -0.15) is 10.4 Å². The average molecular weight is 451 g/mol. The maximum atomic E-state index is 14.1. The standard InChI is InChI=1S/C24H27FN6O2/c1-13-16(9-26)6-17(25)7-19(13)14(2)28-24-20-8-18(10-27-23(20)15(3)29-30-24)31-11-21(32-4)22(12-31)33-5/h6-8,10,14,21-22H,11-12H2,1-5H3,(H,28,30)/t14-,21-,22+/m1/s1. The summed E-state index contributed by atoms with van der Waals surface area (Å²) in [6, 6.07) is 6.48. The molecule has 8 nitrogen and oxygen atoms in total. The Morgan fingerprint density at radius 3 is 2.48 bits per heavy atom. The lowest BCUT2D eigenvalue weighted by Gasteiger charge is -2.21. The second kappa shape index (κ2) is 9.25. The van der Waals surface area contributed by atoms with Crippen LogP contribution in [0.3, 0.4) is 0 Å². The number of pyridine rings is 1.